The van der Waals surface area contributed by atoms with Crippen LogP contribution < -0.4 is 0 Å². The van der Waals surface area contributed by atoms with E-state index >= 15 is 0 Å². The molecule has 2 rings (SSSR count). The Morgan fingerprint density at radius 1 is 1.11 bits per heavy atom. The van der Waals surface area contributed by atoms with Gasteiger partial charge in [-0.25, -0.2) is 0 Å². The summed E-state index contributed by atoms with van der Waals surface area (Å²) >= 11 is 0. The molecule has 3 nitrogen and oxygen atoms in total. The molecule has 2 atom stereocenters. The van der Waals surface area contributed by atoms with Crippen LogP contribution in [0.1, 0.15) is 58.3 Å². The van der Waals surface area contributed by atoms with Crippen LogP contribution in [0, 0.1) is 11.8 Å². The Hall–Kier alpha value is -0.570. The molecule has 1 N–H and O–H groups in total. The van der Waals surface area contributed by atoms with Crippen molar-refractivity contribution in [3.8, 4) is 0 Å². The fourth-order valence-corrected chi connectivity index (χ4v) is 3.69. The molecule has 0 aromatic rings. The van der Waals surface area contributed by atoms with Crippen molar-refractivity contribution in [2.24, 2.45) is 11.8 Å². The van der Waals surface area contributed by atoms with Crippen LogP contribution in [-0.2, 0) is 4.79 Å². The normalized spacial score (nSPS) is 32.1. The van der Waals surface area contributed by atoms with E-state index < -0.39 is 5.97 Å². The van der Waals surface area contributed by atoms with Gasteiger partial charge in [-0.3, -0.25) is 9.69 Å². The summed E-state index contributed by atoms with van der Waals surface area (Å²) < 4.78 is 0. The summed E-state index contributed by atoms with van der Waals surface area (Å²) in [5, 5.41) is 9.34. The van der Waals surface area contributed by atoms with Crippen LogP contribution in [0.4, 0.5) is 0 Å². The predicted octanol–water partition coefficient (Wildman–Crippen LogP) is 3.14. The van der Waals surface area contributed by atoms with Gasteiger partial charge in [-0.15, -0.1) is 0 Å². The largest absolute Gasteiger partial charge is 0.480 e. The highest BCUT2D eigenvalue weighted by Crippen LogP contribution is 2.29. The minimum Gasteiger partial charge on any atom is -0.480 e. The van der Waals surface area contributed by atoms with Gasteiger partial charge in [-0.2, -0.15) is 0 Å². The molecule has 0 bridgehead atoms. The van der Waals surface area contributed by atoms with E-state index in [9.17, 15) is 9.90 Å². The summed E-state index contributed by atoms with van der Waals surface area (Å²) in [6.45, 7) is 4.08. The smallest absolute Gasteiger partial charge is 0.321 e. The molecule has 0 amide bonds. The van der Waals surface area contributed by atoms with E-state index in [2.05, 4.69) is 11.8 Å². The van der Waals surface area contributed by atoms with E-state index in [1.54, 1.807) is 0 Å². The van der Waals surface area contributed by atoms with E-state index in [0.717, 1.165) is 25.4 Å². The van der Waals surface area contributed by atoms with Gasteiger partial charge in [0.05, 0.1) is 0 Å². The molecule has 104 valence electrons. The lowest BCUT2D eigenvalue weighted by molar-refractivity contribution is -0.143. The molecule has 2 unspecified atom stereocenters. The van der Waals surface area contributed by atoms with E-state index in [-0.39, 0.29) is 6.04 Å². The van der Waals surface area contributed by atoms with Crippen LogP contribution in [0.5, 0.6) is 0 Å². The number of carbonyl (C=O) groups is 1. The summed E-state index contributed by atoms with van der Waals surface area (Å²) in [5.41, 5.74) is 0. The third-order valence-corrected chi connectivity index (χ3v) is 4.77. The van der Waals surface area contributed by atoms with Gasteiger partial charge < -0.3 is 5.11 Å². The second-order valence-electron chi connectivity index (χ2n) is 6.26. The number of carboxylic acid groups (broad SMARTS) is 1. The van der Waals surface area contributed by atoms with Crippen molar-refractivity contribution < 1.29 is 9.90 Å². The number of carboxylic acids is 1. The average Bonchev–Trinajstić information content (AvgIpc) is 2.63. The highest BCUT2D eigenvalue weighted by atomic mass is 16.4. The van der Waals surface area contributed by atoms with Crippen molar-refractivity contribution >= 4 is 5.97 Å². The lowest BCUT2D eigenvalue weighted by atomic mass is 9.90. The number of hydrogen-bond donors (Lipinski definition) is 1. The van der Waals surface area contributed by atoms with Gasteiger partial charge in [-0.1, -0.05) is 39.0 Å². The van der Waals surface area contributed by atoms with Gasteiger partial charge in [0.2, 0.25) is 0 Å². The maximum atomic E-state index is 11.3. The van der Waals surface area contributed by atoms with Crippen LogP contribution in [0.2, 0.25) is 0 Å². The lowest BCUT2D eigenvalue weighted by Crippen LogP contribution is -2.41. The first-order chi connectivity index (χ1) is 8.68. The molecule has 2 aliphatic rings. The zero-order valence-corrected chi connectivity index (χ0v) is 11.6. The molecule has 0 aromatic heterocycles. The number of nitrogens with zero attached hydrogens (tertiary/aromatic N) is 1. The van der Waals surface area contributed by atoms with Crippen molar-refractivity contribution in [2.75, 3.05) is 13.1 Å². The molecule has 1 saturated heterocycles. The van der Waals surface area contributed by atoms with Crippen molar-refractivity contribution in [3.63, 3.8) is 0 Å². The van der Waals surface area contributed by atoms with Gasteiger partial charge in [0.15, 0.2) is 0 Å². The van der Waals surface area contributed by atoms with E-state index in [4.69, 9.17) is 0 Å². The van der Waals surface area contributed by atoms with Crippen LogP contribution in [0.25, 0.3) is 0 Å². The number of aliphatic carboxylic acids is 1. The molecular weight excluding hydrogens is 226 g/mol. The first-order valence-corrected chi connectivity index (χ1v) is 7.65. The van der Waals surface area contributed by atoms with Gasteiger partial charge in [0.25, 0.3) is 0 Å². The topological polar surface area (TPSA) is 40.5 Å². The lowest BCUT2D eigenvalue weighted by Gasteiger charge is -2.29. The summed E-state index contributed by atoms with van der Waals surface area (Å²) in [7, 11) is 0. The Morgan fingerprint density at radius 3 is 2.33 bits per heavy atom. The fourth-order valence-electron chi connectivity index (χ4n) is 3.69. The molecule has 1 aliphatic heterocycles. The molecule has 0 radical (unpaired) electrons. The van der Waals surface area contributed by atoms with Crippen LogP contribution in [0.15, 0.2) is 0 Å². The monoisotopic (exact) mass is 253 g/mol. The van der Waals surface area contributed by atoms with Crippen LogP contribution in [-0.4, -0.2) is 35.1 Å². The van der Waals surface area contributed by atoms with Gasteiger partial charge in [0.1, 0.15) is 6.04 Å². The first-order valence-electron chi connectivity index (χ1n) is 7.65. The molecule has 1 saturated carbocycles. The third-order valence-electron chi connectivity index (χ3n) is 4.77. The highest BCUT2D eigenvalue weighted by Gasteiger charge is 2.37. The second-order valence-corrected chi connectivity index (χ2v) is 6.26. The number of hydrogen-bond acceptors (Lipinski definition) is 2. The summed E-state index contributed by atoms with van der Waals surface area (Å²) in [6, 6.07) is -0.226. The third kappa shape index (κ3) is 3.47. The minimum absolute atomic E-state index is 0.226. The Kier molecular flexibility index (Phi) is 5.04. The van der Waals surface area contributed by atoms with Crippen LogP contribution in [0.3, 0.4) is 0 Å². The molecule has 1 aliphatic carbocycles. The quantitative estimate of drug-likeness (QED) is 0.840. The average molecular weight is 253 g/mol. The Morgan fingerprint density at radius 2 is 1.72 bits per heavy atom. The van der Waals surface area contributed by atoms with Gasteiger partial charge in [0, 0.05) is 6.54 Å². The van der Waals surface area contributed by atoms with E-state index in [1.807, 2.05) is 0 Å². The fraction of sp³-hybridized carbons (Fsp3) is 0.933. The molecule has 1 heterocycles. The van der Waals surface area contributed by atoms with E-state index in [0.29, 0.717) is 5.92 Å². The zero-order chi connectivity index (χ0) is 13.0. The maximum absolute atomic E-state index is 11.3. The van der Waals surface area contributed by atoms with Gasteiger partial charge in [-0.05, 0) is 37.6 Å². The Labute approximate surface area is 111 Å². The molecule has 2 fully saturated rings. The predicted molar refractivity (Wildman–Crippen MR) is 72.6 cm³/mol. The second kappa shape index (κ2) is 6.55. The molecular formula is C15H27NO2. The summed E-state index contributed by atoms with van der Waals surface area (Å²) in [6.07, 6.45) is 10.5. The highest BCUT2D eigenvalue weighted by molar-refractivity contribution is 5.74. The summed E-state index contributed by atoms with van der Waals surface area (Å²) in [5.74, 6) is 0.430. The number of likely N-dealkylation sites (tertiary alicyclic amines) is 1. The minimum atomic E-state index is -0.620. The Bertz CT molecular complexity index is 272. The van der Waals surface area contributed by atoms with Crippen molar-refractivity contribution in [3.05, 3.63) is 0 Å². The van der Waals surface area contributed by atoms with Crippen LogP contribution >= 0.6 is 0 Å². The molecule has 3 heteroatoms. The van der Waals surface area contributed by atoms with E-state index in [1.165, 1.54) is 44.9 Å². The molecule has 0 aromatic carbocycles. The summed E-state index contributed by atoms with van der Waals surface area (Å²) in [4.78, 5) is 13.6. The zero-order valence-electron chi connectivity index (χ0n) is 11.6. The van der Waals surface area contributed by atoms with Crippen molar-refractivity contribution in [1.29, 1.82) is 0 Å². The standard InChI is InChI=1S/C15H27NO2/c1-12-9-10-16(14(12)15(17)18)11-13-7-5-3-2-4-6-8-13/h12-14H,2-11H2,1H3,(H,17,18). The van der Waals surface area contributed by atoms with Gasteiger partial charge >= 0.3 is 5.97 Å². The molecule has 0 spiro atoms. The first kappa shape index (κ1) is 13.9. The molecule has 18 heavy (non-hydrogen) atoms. The van der Waals surface area contributed by atoms with Crippen molar-refractivity contribution in [1.82, 2.24) is 4.90 Å². The SMILES string of the molecule is CC1CCN(CC2CCCCCCC2)C1C(=O)O. The maximum Gasteiger partial charge on any atom is 0.321 e. The number of rotatable bonds is 3. The Balaban J connectivity index is 1.88. The van der Waals surface area contributed by atoms with Crippen molar-refractivity contribution in [2.45, 2.75) is 64.3 Å².